The van der Waals surface area contributed by atoms with Gasteiger partial charge in [-0.15, -0.1) is 21.9 Å². The second-order valence-electron chi connectivity index (χ2n) is 19.1. The number of unbranched alkanes of at least 4 members (excludes halogenated alkanes) is 18. The molecule has 22 heteroatoms. The van der Waals surface area contributed by atoms with Gasteiger partial charge in [-0.1, -0.05) is 135 Å². The molecule has 0 aliphatic rings. The van der Waals surface area contributed by atoms with Gasteiger partial charge in [0.2, 0.25) is 0 Å². The molecule has 0 fully saturated rings. The molecule has 0 amide bonds. The minimum Gasteiger partial charge on any atom is -0.305 e. The van der Waals surface area contributed by atoms with E-state index in [1.807, 2.05) is 0 Å². The number of aryl methyl sites for hydroxylation is 1. The smallest absolute Gasteiger partial charge is 0.200 e. The predicted molar refractivity (Wildman–Crippen MR) is 254 cm³/mol. The van der Waals surface area contributed by atoms with Gasteiger partial charge >= 0.3 is 0 Å². The van der Waals surface area contributed by atoms with Gasteiger partial charge in [0.05, 0.1) is 13.6 Å². The first-order chi connectivity index (χ1) is 36.5. The quantitative estimate of drug-likeness (QED) is 0.0176. The Morgan fingerprint density at radius 1 is 0.273 bits per heavy atom. The minimum absolute atomic E-state index is 1.25. The lowest BCUT2D eigenvalue weighted by atomic mass is 9.12. The highest BCUT2D eigenvalue weighted by Gasteiger charge is 2.52. The maximum atomic E-state index is 15.4. The summed E-state index contributed by atoms with van der Waals surface area (Å²) in [6.45, 7) is 5.86. The van der Waals surface area contributed by atoms with Crippen LogP contribution in [0.25, 0.3) is 0 Å². The Bertz CT molecular complexity index is 2390. The van der Waals surface area contributed by atoms with E-state index in [1.54, 1.807) is 4.90 Å². The number of rotatable bonds is 27. The molecule has 0 aromatic heterocycles. The average molecular weight is 1120 g/mol. The molecular formula is C55H58BF20N. The Labute approximate surface area is 434 Å². The largest absolute Gasteiger partial charge is 0.305 e. The summed E-state index contributed by atoms with van der Waals surface area (Å²) in [6, 6.07) is 9.44. The van der Waals surface area contributed by atoms with E-state index in [4.69, 9.17) is 0 Å². The van der Waals surface area contributed by atoms with Gasteiger partial charge < -0.3 is 4.90 Å². The molecule has 1 nitrogen and oxygen atoms in total. The molecule has 0 saturated carbocycles. The molecule has 5 rings (SSSR count). The molecule has 426 valence electrons. The summed E-state index contributed by atoms with van der Waals surface area (Å²) < 4.78 is 294. The number of hydrogen-bond acceptors (Lipinski definition) is 0. The lowest BCUT2D eigenvalue weighted by Crippen LogP contribution is -3.03. The molecule has 1 N–H and O–H groups in total. The van der Waals surface area contributed by atoms with Crippen molar-refractivity contribution in [2.45, 2.75) is 149 Å². The summed E-state index contributed by atoms with van der Waals surface area (Å²) in [7, 11) is 2.33. The summed E-state index contributed by atoms with van der Waals surface area (Å²) in [6.07, 6.45) is 22.6. The van der Waals surface area contributed by atoms with Gasteiger partial charge in [-0.2, -0.15) is 0 Å². The van der Waals surface area contributed by atoms with Crippen LogP contribution in [0, 0.1) is 116 Å². The topological polar surface area (TPSA) is 4.44 Å². The van der Waals surface area contributed by atoms with Crippen molar-refractivity contribution in [2.75, 3.05) is 13.6 Å². The van der Waals surface area contributed by atoms with Crippen molar-refractivity contribution in [1.82, 2.24) is 0 Å². The molecule has 77 heavy (non-hydrogen) atoms. The first-order valence-electron chi connectivity index (χ1n) is 25.6. The van der Waals surface area contributed by atoms with Crippen molar-refractivity contribution in [3.05, 3.63) is 146 Å². The van der Waals surface area contributed by atoms with E-state index in [0.29, 0.717) is 0 Å². The van der Waals surface area contributed by atoms with Crippen LogP contribution in [-0.2, 0) is 6.42 Å². The van der Waals surface area contributed by atoms with Crippen molar-refractivity contribution in [3.63, 3.8) is 0 Å². The van der Waals surface area contributed by atoms with Gasteiger partial charge in [-0.3, -0.25) is 0 Å². The molecule has 0 bridgehead atoms. The fourth-order valence-corrected chi connectivity index (χ4v) is 9.67. The lowest BCUT2D eigenvalue weighted by molar-refractivity contribution is -0.810. The van der Waals surface area contributed by atoms with Gasteiger partial charge in [0.25, 0.3) is 0 Å². The number of hydrogen-bond donors (Lipinski definition) is 1. The molecule has 0 radical (unpaired) electrons. The van der Waals surface area contributed by atoms with Crippen LogP contribution >= 0.6 is 0 Å². The van der Waals surface area contributed by atoms with Gasteiger partial charge in [0.1, 0.15) is 58.4 Å². The van der Waals surface area contributed by atoms with E-state index in [-0.39, 0.29) is 0 Å². The van der Waals surface area contributed by atoms with E-state index in [9.17, 15) is 52.7 Å². The molecule has 5 aromatic rings. The zero-order chi connectivity index (χ0) is 57.5. The lowest BCUT2D eigenvalue weighted by Gasteiger charge is -2.44. The average Bonchev–Trinajstić information content (AvgIpc) is 3.42. The van der Waals surface area contributed by atoms with Crippen molar-refractivity contribution in [3.8, 4) is 0 Å². The maximum Gasteiger partial charge on any atom is 0.200 e. The maximum absolute atomic E-state index is 15.4. The summed E-state index contributed by atoms with van der Waals surface area (Å²) in [5.74, 6) is -71.4. The second kappa shape index (κ2) is 29.6. The molecule has 1 atom stereocenters. The normalized spacial score (nSPS) is 12.1. The third kappa shape index (κ3) is 14.3. The fourth-order valence-electron chi connectivity index (χ4n) is 9.67. The standard InChI is InChI=1S/C31H57N.C24BF20/c1-4-6-8-10-11-12-13-14-15-16-17-18-19-20-21-23-29-32(3)31-27-25-30(26-28-31)24-22-9-7-5-2;26-5-1(6(27)14(35)21(42)13(5)34)25(2-7(28)15(36)22(43)16(37)8(2)29,3-9(30)17(38)23(44)18(39)10(3)31)4-11(32)19(40)24(45)20(41)12(4)33/h25-28H,4-24,29H2,1-3H3;/q;-1/p+1. The fraction of sp³-hybridized carbons (Fsp3) is 0.455. The Morgan fingerprint density at radius 3 is 0.727 bits per heavy atom. The van der Waals surface area contributed by atoms with E-state index in [1.165, 1.54) is 153 Å². The van der Waals surface area contributed by atoms with E-state index < -0.39 is 144 Å². The van der Waals surface area contributed by atoms with Gasteiger partial charge in [-0.05, 0) is 43.4 Å². The van der Waals surface area contributed by atoms with Crippen LogP contribution in [0.5, 0.6) is 0 Å². The monoisotopic (exact) mass is 1120 g/mol. The van der Waals surface area contributed by atoms with Gasteiger partial charge in [0, 0.05) is 0 Å². The molecular weight excluding hydrogens is 1070 g/mol. The number of quaternary nitrogens is 1. The molecule has 0 aliphatic carbocycles. The highest BCUT2D eigenvalue weighted by atomic mass is 19.2. The third-order valence-corrected chi connectivity index (χ3v) is 13.9. The summed E-state index contributed by atoms with van der Waals surface area (Å²) in [5, 5.41) is 0. The van der Waals surface area contributed by atoms with Crippen LogP contribution in [0.1, 0.15) is 148 Å². The third-order valence-electron chi connectivity index (χ3n) is 13.9. The van der Waals surface area contributed by atoms with E-state index >= 15 is 35.1 Å². The Balaban J connectivity index is 0.000000354. The van der Waals surface area contributed by atoms with Gasteiger partial charge in [-0.25, -0.2) is 87.8 Å². The minimum atomic E-state index is -7.22. The molecule has 0 saturated heterocycles. The zero-order valence-electron chi connectivity index (χ0n) is 42.5. The Kier molecular flexibility index (Phi) is 24.7. The highest BCUT2D eigenvalue weighted by Crippen LogP contribution is 2.31. The predicted octanol–water partition coefficient (Wildman–Crippen LogP) is 15.1. The SMILES string of the molecule is CCCCCCCCCCCCCCCCCC[NH+](C)c1ccc(CCCCCC)cc1.Fc1c(F)c(F)c([B-](c2c(F)c(F)c(F)c(F)c2F)(c2c(F)c(F)c(F)c(F)c2F)c2c(F)c(F)c(F)c(F)c2F)c(F)c1F. The molecule has 0 spiro atoms. The molecule has 0 heterocycles. The first-order valence-corrected chi connectivity index (χ1v) is 25.6. The van der Waals surface area contributed by atoms with Crippen LogP contribution in [0.4, 0.5) is 93.5 Å². The van der Waals surface area contributed by atoms with Crippen molar-refractivity contribution in [2.24, 2.45) is 0 Å². The van der Waals surface area contributed by atoms with Gasteiger partial charge in [0.15, 0.2) is 69.8 Å². The van der Waals surface area contributed by atoms with E-state index in [2.05, 4.69) is 45.2 Å². The summed E-state index contributed by atoms with van der Waals surface area (Å²) in [5.41, 5.74) is -11.4. The number of nitrogens with one attached hydrogen (secondary N) is 1. The van der Waals surface area contributed by atoms with Crippen LogP contribution in [0.2, 0.25) is 0 Å². The van der Waals surface area contributed by atoms with Crippen molar-refractivity contribution >= 4 is 33.7 Å². The van der Waals surface area contributed by atoms with Crippen molar-refractivity contribution < 1.29 is 92.7 Å². The molecule has 0 aliphatic heterocycles. The highest BCUT2D eigenvalue weighted by molar-refractivity contribution is 7.20. The van der Waals surface area contributed by atoms with Crippen molar-refractivity contribution in [1.29, 1.82) is 0 Å². The van der Waals surface area contributed by atoms with E-state index in [0.717, 1.165) is 0 Å². The molecule has 1 unspecified atom stereocenters. The number of halogens is 20. The van der Waals surface area contributed by atoms with Crippen LogP contribution in [-0.4, -0.2) is 19.7 Å². The second-order valence-corrected chi connectivity index (χ2v) is 19.1. The Morgan fingerprint density at radius 2 is 0.481 bits per heavy atom. The zero-order valence-corrected chi connectivity index (χ0v) is 42.5. The molecule has 5 aromatic carbocycles. The first kappa shape index (κ1) is 64.3. The van der Waals surface area contributed by atoms with Crippen LogP contribution in [0.3, 0.4) is 0 Å². The summed E-state index contributed by atoms with van der Waals surface area (Å²) >= 11 is 0. The summed E-state index contributed by atoms with van der Waals surface area (Å²) in [4.78, 5) is 1.58. The Hall–Kier alpha value is -5.28. The number of benzene rings is 5. The van der Waals surface area contributed by atoms with Crippen LogP contribution < -0.4 is 26.8 Å². The van der Waals surface area contributed by atoms with Crippen LogP contribution in [0.15, 0.2) is 24.3 Å².